The summed E-state index contributed by atoms with van der Waals surface area (Å²) in [6, 6.07) is 9.10. The van der Waals surface area contributed by atoms with E-state index in [2.05, 4.69) is 0 Å². The first-order chi connectivity index (χ1) is 11.3. The third-order valence-electron chi connectivity index (χ3n) is 3.18. The van der Waals surface area contributed by atoms with Crippen LogP contribution >= 0.6 is 0 Å². The number of ether oxygens (including phenoxy) is 3. The van der Waals surface area contributed by atoms with Crippen LogP contribution in [0.4, 0.5) is 0 Å². The molecule has 0 bridgehead atoms. The summed E-state index contributed by atoms with van der Waals surface area (Å²) in [7, 11) is 0. The summed E-state index contributed by atoms with van der Waals surface area (Å²) < 4.78 is 14.8. The van der Waals surface area contributed by atoms with Gasteiger partial charge in [0.2, 0.25) is 0 Å². The number of hydrogen-bond acceptors (Lipinski definition) is 7. The van der Waals surface area contributed by atoms with Crippen molar-refractivity contribution in [2.45, 2.75) is 39.1 Å². The number of aliphatic hydroxyl groups is 1. The van der Waals surface area contributed by atoms with Crippen LogP contribution in [0.1, 0.15) is 32.3 Å². The molecule has 0 spiro atoms. The molecule has 128 valence electrons. The molecule has 0 unspecified atom stereocenters. The number of hydrogen-bond donors (Lipinski definition) is 1. The molecule has 7 heteroatoms. The highest BCUT2D eigenvalue weighted by molar-refractivity contribution is 6.15. The van der Waals surface area contributed by atoms with Gasteiger partial charge in [0.25, 0.3) is 5.79 Å². The van der Waals surface area contributed by atoms with Crippen molar-refractivity contribution in [1.82, 2.24) is 0 Å². The van der Waals surface area contributed by atoms with E-state index >= 15 is 0 Å². The maximum atomic E-state index is 11.8. The highest BCUT2D eigenvalue weighted by Crippen LogP contribution is 2.25. The van der Waals surface area contributed by atoms with E-state index in [1.165, 1.54) is 13.8 Å². The van der Waals surface area contributed by atoms with Crippen LogP contribution in [0.2, 0.25) is 0 Å². The number of aliphatic hydroxyl groups excluding tert-OH is 1. The molecule has 1 aromatic carbocycles. The fourth-order valence-corrected chi connectivity index (χ4v) is 2.04. The van der Waals surface area contributed by atoms with Gasteiger partial charge in [0, 0.05) is 20.3 Å². The Kier molecular flexibility index (Phi) is 5.23. The molecule has 1 heterocycles. The lowest BCUT2D eigenvalue weighted by Gasteiger charge is -2.30. The Balaban J connectivity index is 1.89. The first-order valence-electron chi connectivity index (χ1n) is 7.37. The second kappa shape index (κ2) is 7.16. The molecule has 7 nitrogen and oxygen atoms in total. The van der Waals surface area contributed by atoms with E-state index in [0.717, 1.165) is 5.56 Å². The van der Waals surface area contributed by atoms with E-state index < -0.39 is 35.0 Å². The van der Waals surface area contributed by atoms with Gasteiger partial charge in [-0.15, -0.1) is 0 Å². The van der Waals surface area contributed by atoms with Gasteiger partial charge in [-0.25, -0.2) is 9.59 Å². The van der Waals surface area contributed by atoms with Gasteiger partial charge < -0.3 is 19.3 Å². The monoisotopic (exact) mass is 334 g/mol. The van der Waals surface area contributed by atoms with Crippen LogP contribution in [-0.2, 0) is 35.2 Å². The molecule has 0 radical (unpaired) electrons. The molecule has 1 N–H and O–H groups in total. The Hall–Kier alpha value is -2.83. The molecule has 1 fully saturated rings. The molecule has 0 atom stereocenters. The average Bonchev–Trinajstić information content (AvgIpc) is 2.50. The third kappa shape index (κ3) is 4.58. The first kappa shape index (κ1) is 17.5. The summed E-state index contributed by atoms with van der Waals surface area (Å²) in [6.45, 7) is 2.91. The summed E-state index contributed by atoms with van der Waals surface area (Å²) in [6.07, 6.45) is -0.417. The summed E-state index contributed by atoms with van der Waals surface area (Å²) in [4.78, 5) is 35.2. The van der Waals surface area contributed by atoms with E-state index in [9.17, 15) is 19.5 Å². The van der Waals surface area contributed by atoms with E-state index in [1.807, 2.05) is 30.3 Å². The molecule has 2 rings (SSSR count). The molecule has 1 saturated heterocycles. The third-order valence-corrected chi connectivity index (χ3v) is 3.18. The van der Waals surface area contributed by atoms with E-state index in [4.69, 9.17) is 14.2 Å². The number of cyclic esters (lactones) is 2. The van der Waals surface area contributed by atoms with Crippen LogP contribution in [0, 0.1) is 0 Å². The van der Waals surface area contributed by atoms with Crippen molar-refractivity contribution in [2.24, 2.45) is 0 Å². The van der Waals surface area contributed by atoms with E-state index in [0.29, 0.717) is 0 Å². The lowest BCUT2D eigenvalue weighted by molar-refractivity contribution is -0.222. The molecule has 1 aromatic rings. The van der Waals surface area contributed by atoms with Gasteiger partial charge in [-0.3, -0.25) is 4.79 Å². The number of carbonyl (C=O) groups is 3. The van der Waals surface area contributed by atoms with Crippen LogP contribution in [0.15, 0.2) is 41.7 Å². The molecule has 0 aromatic heterocycles. The SMILES string of the molecule is CC1(C)OC(=O)C(=C(O)CCC(=O)OCc2ccccc2)C(=O)O1. The van der Waals surface area contributed by atoms with Crippen LogP contribution < -0.4 is 0 Å². The van der Waals surface area contributed by atoms with Crippen molar-refractivity contribution in [2.75, 3.05) is 0 Å². The largest absolute Gasteiger partial charge is 0.511 e. The zero-order valence-corrected chi connectivity index (χ0v) is 13.4. The molecule has 0 saturated carbocycles. The van der Waals surface area contributed by atoms with Crippen molar-refractivity contribution in [3.63, 3.8) is 0 Å². The standard InChI is InChI=1S/C17H18O7/c1-17(2)23-15(20)14(16(21)24-17)12(18)8-9-13(19)22-10-11-6-4-3-5-7-11/h3-7,18H,8-10H2,1-2H3. The minimum absolute atomic E-state index is 0.106. The van der Waals surface area contributed by atoms with Crippen molar-refractivity contribution < 1.29 is 33.7 Å². The number of esters is 3. The number of benzene rings is 1. The Morgan fingerprint density at radius 3 is 2.25 bits per heavy atom. The minimum atomic E-state index is -1.38. The highest BCUT2D eigenvalue weighted by atomic mass is 16.7. The maximum absolute atomic E-state index is 11.8. The molecule has 1 aliphatic heterocycles. The number of allylic oxidation sites excluding steroid dienone is 1. The highest BCUT2D eigenvalue weighted by Gasteiger charge is 2.41. The topological polar surface area (TPSA) is 99.1 Å². The predicted molar refractivity (Wildman–Crippen MR) is 81.4 cm³/mol. The second-order valence-corrected chi connectivity index (χ2v) is 5.65. The van der Waals surface area contributed by atoms with Gasteiger partial charge in [0.05, 0.1) is 6.42 Å². The van der Waals surface area contributed by atoms with E-state index in [-0.39, 0.29) is 19.4 Å². The first-order valence-corrected chi connectivity index (χ1v) is 7.37. The molecular formula is C17H18O7. The molecule has 24 heavy (non-hydrogen) atoms. The van der Waals surface area contributed by atoms with Crippen LogP contribution in [0.5, 0.6) is 0 Å². The zero-order chi connectivity index (χ0) is 17.7. The minimum Gasteiger partial charge on any atom is -0.511 e. The second-order valence-electron chi connectivity index (χ2n) is 5.65. The molecular weight excluding hydrogens is 316 g/mol. The Morgan fingerprint density at radius 1 is 1.08 bits per heavy atom. The van der Waals surface area contributed by atoms with Crippen molar-refractivity contribution >= 4 is 17.9 Å². The lowest BCUT2D eigenvalue weighted by atomic mass is 10.1. The van der Waals surface area contributed by atoms with Crippen molar-refractivity contribution in [3.8, 4) is 0 Å². The van der Waals surface area contributed by atoms with Crippen molar-refractivity contribution in [3.05, 3.63) is 47.2 Å². The fraction of sp³-hybridized carbons (Fsp3) is 0.353. The van der Waals surface area contributed by atoms with Gasteiger partial charge >= 0.3 is 17.9 Å². The van der Waals surface area contributed by atoms with Gasteiger partial charge in [0.15, 0.2) is 5.57 Å². The van der Waals surface area contributed by atoms with Crippen molar-refractivity contribution in [1.29, 1.82) is 0 Å². The van der Waals surface area contributed by atoms with E-state index in [1.54, 1.807) is 0 Å². The van der Waals surface area contributed by atoms with Gasteiger partial charge in [0.1, 0.15) is 12.4 Å². The Morgan fingerprint density at radius 2 is 1.67 bits per heavy atom. The summed E-state index contributed by atoms with van der Waals surface area (Å²) >= 11 is 0. The normalized spacial score (nSPS) is 16.2. The predicted octanol–water partition coefficient (Wildman–Crippen LogP) is 2.16. The quantitative estimate of drug-likeness (QED) is 0.381. The summed E-state index contributed by atoms with van der Waals surface area (Å²) in [5, 5.41) is 9.89. The summed E-state index contributed by atoms with van der Waals surface area (Å²) in [5.74, 6) is -4.47. The average molecular weight is 334 g/mol. The van der Waals surface area contributed by atoms with Crippen LogP contribution in [0.3, 0.4) is 0 Å². The van der Waals surface area contributed by atoms with Gasteiger partial charge in [-0.2, -0.15) is 0 Å². The van der Waals surface area contributed by atoms with Crippen LogP contribution in [-0.4, -0.2) is 28.8 Å². The molecule has 0 amide bonds. The smallest absolute Gasteiger partial charge is 0.352 e. The fourth-order valence-electron chi connectivity index (χ4n) is 2.04. The summed E-state index contributed by atoms with van der Waals surface area (Å²) in [5.41, 5.74) is 0.236. The number of carbonyl (C=O) groups excluding carboxylic acids is 3. The Labute approximate surface area is 138 Å². The van der Waals surface area contributed by atoms with Gasteiger partial charge in [-0.1, -0.05) is 30.3 Å². The zero-order valence-electron chi connectivity index (χ0n) is 13.4. The lowest BCUT2D eigenvalue weighted by Crippen LogP contribution is -2.42. The maximum Gasteiger partial charge on any atom is 0.352 e. The Bertz CT molecular complexity index is 651. The molecule has 1 aliphatic rings. The van der Waals surface area contributed by atoms with Gasteiger partial charge in [-0.05, 0) is 5.56 Å². The number of rotatable bonds is 5. The molecule has 0 aliphatic carbocycles. The van der Waals surface area contributed by atoms with Crippen LogP contribution in [0.25, 0.3) is 0 Å².